The van der Waals surface area contributed by atoms with Gasteiger partial charge in [0, 0.05) is 17.0 Å². The number of pyridine rings is 1. The topological polar surface area (TPSA) is 70.2 Å². The van der Waals surface area contributed by atoms with Gasteiger partial charge in [-0.1, -0.05) is 49.6 Å². The van der Waals surface area contributed by atoms with E-state index >= 15 is 0 Å². The highest BCUT2D eigenvalue weighted by Crippen LogP contribution is 2.27. The van der Waals surface area contributed by atoms with Crippen molar-refractivity contribution in [3.63, 3.8) is 0 Å². The van der Waals surface area contributed by atoms with Crippen LogP contribution in [0.4, 0.5) is 4.39 Å². The van der Waals surface area contributed by atoms with Gasteiger partial charge < -0.3 is 4.98 Å². The lowest BCUT2D eigenvalue weighted by Crippen LogP contribution is -2.21. The highest BCUT2D eigenvalue weighted by Gasteiger charge is 2.14. The lowest BCUT2D eigenvalue weighted by atomic mass is 9.99. The first kappa shape index (κ1) is 22.9. The van der Waals surface area contributed by atoms with Gasteiger partial charge in [-0.2, -0.15) is 5.10 Å². The molecule has 6 heteroatoms. The second-order valence-electron chi connectivity index (χ2n) is 7.92. The Kier molecular flexibility index (Phi) is 6.50. The highest BCUT2D eigenvalue weighted by atomic mass is 19.1. The van der Waals surface area contributed by atoms with Gasteiger partial charge in [0.2, 0.25) is 0 Å². The second-order valence-corrected chi connectivity index (χ2v) is 7.92. The number of nitrogens with zero attached hydrogens (tertiary/aromatic N) is 3. The summed E-state index contributed by atoms with van der Waals surface area (Å²) in [5.41, 5.74) is 6.73. The van der Waals surface area contributed by atoms with E-state index in [1.54, 1.807) is 18.3 Å². The summed E-state index contributed by atoms with van der Waals surface area (Å²) in [4.78, 5) is 12.4. The Morgan fingerprint density at radius 1 is 1.09 bits per heavy atom. The maximum Gasteiger partial charge on any atom is 0.159 e. The van der Waals surface area contributed by atoms with Crippen LogP contribution in [0.3, 0.4) is 0 Å². The SMILES string of the molecule is C=C\C=C(C)/C(=C\C)C(/C)=C/C=c1/[nH]nc(-c2nc3c(-c4cccc(F)c4)nccc3[nH]2)c1=C. The third kappa shape index (κ3) is 4.43. The van der Waals surface area contributed by atoms with Gasteiger partial charge in [-0.25, -0.2) is 9.37 Å². The maximum absolute atomic E-state index is 13.8. The first-order valence-corrected chi connectivity index (χ1v) is 10.9. The summed E-state index contributed by atoms with van der Waals surface area (Å²) in [6.45, 7) is 14.1. The number of allylic oxidation sites excluding steroid dienone is 7. The Bertz CT molecular complexity index is 1580. The second kappa shape index (κ2) is 9.67. The van der Waals surface area contributed by atoms with Crippen molar-refractivity contribution < 1.29 is 4.39 Å². The van der Waals surface area contributed by atoms with Crippen LogP contribution in [-0.4, -0.2) is 25.1 Å². The third-order valence-corrected chi connectivity index (χ3v) is 5.63. The number of benzene rings is 1. The first-order valence-electron chi connectivity index (χ1n) is 10.9. The van der Waals surface area contributed by atoms with Gasteiger partial charge in [0.1, 0.15) is 17.0 Å². The van der Waals surface area contributed by atoms with E-state index in [1.807, 2.05) is 37.3 Å². The minimum atomic E-state index is -0.320. The molecule has 3 aromatic heterocycles. The number of fused-ring (bicyclic) bond motifs is 1. The number of imidazole rings is 1. The van der Waals surface area contributed by atoms with Crippen molar-refractivity contribution >= 4 is 23.7 Å². The molecule has 4 rings (SSSR count). The number of aromatic nitrogens is 5. The summed E-state index contributed by atoms with van der Waals surface area (Å²) in [6, 6.07) is 8.16. The molecule has 0 aliphatic rings. The summed E-state index contributed by atoms with van der Waals surface area (Å²) in [5, 5.41) is 9.01. The lowest BCUT2D eigenvalue weighted by Gasteiger charge is -2.06. The molecule has 0 saturated heterocycles. The molecule has 0 radical (unpaired) electrons. The van der Waals surface area contributed by atoms with Crippen LogP contribution in [0.25, 0.3) is 46.5 Å². The van der Waals surface area contributed by atoms with Crippen molar-refractivity contribution in [2.45, 2.75) is 20.8 Å². The van der Waals surface area contributed by atoms with Gasteiger partial charge in [-0.3, -0.25) is 10.1 Å². The molecule has 0 amide bonds. The Labute approximate surface area is 197 Å². The number of hydrogen-bond donors (Lipinski definition) is 2. The van der Waals surface area contributed by atoms with E-state index in [-0.39, 0.29) is 5.82 Å². The Morgan fingerprint density at radius 2 is 1.88 bits per heavy atom. The van der Waals surface area contributed by atoms with E-state index in [1.165, 1.54) is 12.1 Å². The fourth-order valence-electron chi connectivity index (χ4n) is 3.94. The van der Waals surface area contributed by atoms with Gasteiger partial charge in [0.15, 0.2) is 5.82 Å². The largest absolute Gasteiger partial charge is 0.336 e. The van der Waals surface area contributed by atoms with Gasteiger partial charge in [-0.15, -0.1) is 0 Å². The highest BCUT2D eigenvalue weighted by molar-refractivity contribution is 5.91. The van der Waals surface area contributed by atoms with Crippen LogP contribution in [0.15, 0.2) is 84.1 Å². The summed E-state index contributed by atoms with van der Waals surface area (Å²) in [5.74, 6) is 0.250. The van der Waals surface area contributed by atoms with E-state index in [2.05, 4.69) is 53.2 Å². The first-order chi connectivity index (χ1) is 16.4. The summed E-state index contributed by atoms with van der Waals surface area (Å²) in [7, 11) is 0. The zero-order valence-electron chi connectivity index (χ0n) is 19.5. The Hall–Kier alpha value is -4.32. The molecule has 170 valence electrons. The minimum absolute atomic E-state index is 0.320. The van der Waals surface area contributed by atoms with E-state index in [0.29, 0.717) is 28.3 Å². The van der Waals surface area contributed by atoms with Gasteiger partial charge in [0.05, 0.1) is 16.6 Å². The van der Waals surface area contributed by atoms with Crippen LogP contribution in [0.5, 0.6) is 0 Å². The molecular weight excluding hydrogens is 425 g/mol. The number of aromatic amines is 2. The monoisotopic (exact) mass is 451 g/mol. The van der Waals surface area contributed by atoms with E-state index < -0.39 is 0 Å². The van der Waals surface area contributed by atoms with Gasteiger partial charge in [-0.05, 0) is 61.8 Å². The van der Waals surface area contributed by atoms with Gasteiger partial charge >= 0.3 is 0 Å². The normalized spacial score (nSPS) is 13.6. The number of halogens is 1. The summed E-state index contributed by atoms with van der Waals surface area (Å²) >= 11 is 0. The zero-order chi connectivity index (χ0) is 24.2. The van der Waals surface area contributed by atoms with Crippen LogP contribution in [0.2, 0.25) is 0 Å². The van der Waals surface area contributed by atoms with Crippen molar-refractivity contribution in [1.82, 2.24) is 25.1 Å². The van der Waals surface area contributed by atoms with Crippen molar-refractivity contribution in [3.05, 3.63) is 101 Å². The zero-order valence-corrected chi connectivity index (χ0v) is 19.5. The molecule has 4 aromatic rings. The quantitative estimate of drug-likeness (QED) is 0.387. The molecular formula is C28H26FN5. The molecule has 5 nitrogen and oxygen atoms in total. The van der Waals surface area contributed by atoms with E-state index in [0.717, 1.165) is 32.8 Å². The molecule has 0 fully saturated rings. The average molecular weight is 452 g/mol. The number of nitrogens with one attached hydrogen (secondary N) is 2. The molecule has 2 N–H and O–H groups in total. The van der Waals surface area contributed by atoms with E-state index in [4.69, 9.17) is 4.98 Å². The van der Waals surface area contributed by atoms with Crippen LogP contribution in [-0.2, 0) is 0 Å². The van der Waals surface area contributed by atoms with E-state index in [9.17, 15) is 4.39 Å². The predicted octanol–water partition coefficient (Wildman–Crippen LogP) is 5.37. The number of H-pyrrole nitrogens is 2. The number of hydrogen-bond acceptors (Lipinski definition) is 3. The molecule has 1 aromatic carbocycles. The Morgan fingerprint density at radius 3 is 2.62 bits per heavy atom. The Balaban J connectivity index is 1.74. The van der Waals surface area contributed by atoms with Gasteiger partial charge in [0.25, 0.3) is 0 Å². The molecule has 3 heterocycles. The minimum Gasteiger partial charge on any atom is -0.336 e. The van der Waals surface area contributed by atoms with Crippen molar-refractivity contribution in [2.24, 2.45) is 0 Å². The standard InChI is InChI=1S/C28H26FN5/c1-6-9-17(3)22(7-2)18(4)12-13-23-19(5)25(34-33-23)28-31-24-14-15-30-26(27(24)32-28)20-10-8-11-21(29)16-20/h6-16,33H,1,5H2,2-4H3,(H,31,32)/b17-9-,18-12+,22-7+,23-13+. The van der Waals surface area contributed by atoms with Crippen LogP contribution < -0.4 is 10.6 Å². The average Bonchev–Trinajstić information content (AvgIpc) is 3.41. The fraction of sp³-hybridized carbons (Fsp3) is 0.107. The van der Waals surface area contributed by atoms with Crippen molar-refractivity contribution in [1.29, 1.82) is 0 Å². The molecule has 0 unspecified atom stereocenters. The molecule has 0 saturated carbocycles. The van der Waals surface area contributed by atoms with Crippen molar-refractivity contribution in [3.8, 4) is 22.8 Å². The third-order valence-electron chi connectivity index (χ3n) is 5.63. The lowest BCUT2D eigenvalue weighted by molar-refractivity contribution is 0.628. The summed E-state index contributed by atoms with van der Waals surface area (Å²) < 4.78 is 13.8. The predicted molar refractivity (Wildman–Crippen MR) is 138 cm³/mol. The molecule has 0 bridgehead atoms. The summed E-state index contributed by atoms with van der Waals surface area (Å²) in [6.07, 6.45) is 11.5. The number of rotatable bonds is 6. The molecule has 0 atom stereocenters. The van der Waals surface area contributed by atoms with Crippen molar-refractivity contribution in [2.75, 3.05) is 0 Å². The van der Waals surface area contributed by atoms with Crippen LogP contribution in [0.1, 0.15) is 20.8 Å². The molecule has 34 heavy (non-hydrogen) atoms. The maximum atomic E-state index is 13.8. The van der Waals surface area contributed by atoms with Crippen LogP contribution >= 0.6 is 0 Å². The van der Waals surface area contributed by atoms with Crippen LogP contribution in [0, 0.1) is 5.82 Å². The fourth-order valence-corrected chi connectivity index (χ4v) is 3.94. The molecule has 0 aliphatic heterocycles. The molecule has 0 aliphatic carbocycles. The smallest absolute Gasteiger partial charge is 0.159 e. The molecule has 0 spiro atoms.